The van der Waals surface area contributed by atoms with Crippen LogP contribution >= 0.6 is 0 Å². The Morgan fingerprint density at radius 3 is 2.53 bits per heavy atom. The lowest BCUT2D eigenvalue weighted by Gasteiger charge is -2.25. The number of rotatable bonds is 7. The van der Waals surface area contributed by atoms with Crippen molar-refractivity contribution in [2.45, 2.75) is 32.4 Å². The van der Waals surface area contributed by atoms with Gasteiger partial charge in [0, 0.05) is 37.5 Å². The molecule has 2 heterocycles. The van der Waals surface area contributed by atoms with Crippen molar-refractivity contribution in [2.24, 2.45) is 5.73 Å². The zero-order chi connectivity index (χ0) is 26.0. The van der Waals surface area contributed by atoms with Crippen LogP contribution in [0.4, 0.5) is 25.8 Å². The van der Waals surface area contributed by atoms with Gasteiger partial charge in [-0.3, -0.25) is 9.59 Å². The van der Waals surface area contributed by atoms with E-state index in [1.807, 2.05) is 30.1 Å². The second kappa shape index (κ2) is 10.3. The zero-order valence-electron chi connectivity index (χ0n) is 20.0. The number of hydrogen-bond acceptors (Lipinski definition) is 6. The molecule has 0 bridgehead atoms. The molecule has 0 unspecified atom stereocenters. The van der Waals surface area contributed by atoms with E-state index in [-0.39, 0.29) is 17.8 Å². The molecule has 1 fully saturated rings. The largest absolute Gasteiger partial charge is 0.368 e. The van der Waals surface area contributed by atoms with Crippen LogP contribution in [-0.4, -0.2) is 47.1 Å². The second-order valence-corrected chi connectivity index (χ2v) is 9.01. The molecule has 6 N–H and O–H groups in total. The molecule has 0 radical (unpaired) electrons. The highest BCUT2D eigenvalue weighted by molar-refractivity contribution is 6.07. The molecule has 1 aliphatic rings. The van der Waals surface area contributed by atoms with Crippen LogP contribution in [0.5, 0.6) is 0 Å². The lowest BCUT2D eigenvalue weighted by atomic mass is 10.1. The van der Waals surface area contributed by atoms with E-state index in [2.05, 4.69) is 10.4 Å². The first kappa shape index (κ1) is 25.1. The van der Waals surface area contributed by atoms with Crippen LogP contribution in [0.1, 0.15) is 36.3 Å². The highest BCUT2D eigenvalue weighted by Gasteiger charge is 2.27. The Kier molecular flexibility index (Phi) is 7.22. The molecule has 2 aromatic carbocycles. The topological polar surface area (TPSA) is 134 Å². The molecule has 1 amide bonds. The summed E-state index contributed by atoms with van der Waals surface area (Å²) in [4.78, 5) is 27.5. The molecular formula is C25H28F2N7O2+. The number of carbonyl (C=O) groups excluding carboxylic acids is 1. The fourth-order valence-corrected chi connectivity index (χ4v) is 4.28. The number of para-hydroxylation sites is 1. The normalized spacial score (nSPS) is 15.4. The number of halogens is 2. The van der Waals surface area contributed by atoms with Gasteiger partial charge in [-0.2, -0.15) is 9.78 Å². The SMILES string of the molecule is CC(C)[NH2+]c1ccc(NC(=O)c2ccc(=O)n(-c3c(F)cccc3F)n2)c(N2CC[C@@H](N)C2)c1C=N. The maximum absolute atomic E-state index is 14.3. The third-order valence-corrected chi connectivity index (χ3v) is 5.88. The lowest BCUT2D eigenvalue weighted by Crippen LogP contribution is -2.83. The minimum absolute atomic E-state index is 0.0363. The number of aromatic nitrogens is 2. The highest BCUT2D eigenvalue weighted by Crippen LogP contribution is 2.35. The Balaban J connectivity index is 1.74. The van der Waals surface area contributed by atoms with Crippen molar-refractivity contribution >= 4 is 29.2 Å². The molecule has 1 atom stereocenters. The van der Waals surface area contributed by atoms with E-state index in [0.717, 1.165) is 30.3 Å². The fraction of sp³-hybridized carbons (Fsp3) is 0.280. The van der Waals surface area contributed by atoms with Crippen LogP contribution in [0.25, 0.3) is 5.69 Å². The van der Waals surface area contributed by atoms with Crippen molar-refractivity contribution in [3.8, 4) is 5.69 Å². The number of benzene rings is 2. The summed E-state index contributed by atoms with van der Waals surface area (Å²) in [5.74, 6) is -2.65. The van der Waals surface area contributed by atoms with E-state index in [9.17, 15) is 18.4 Å². The number of quaternary nitrogens is 1. The van der Waals surface area contributed by atoms with Crippen molar-refractivity contribution in [1.29, 1.82) is 5.41 Å². The van der Waals surface area contributed by atoms with E-state index in [1.54, 1.807) is 6.07 Å². The van der Waals surface area contributed by atoms with Gasteiger partial charge in [-0.05, 0) is 44.5 Å². The molecule has 1 saturated heterocycles. The van der Waals surface area contributed by atoms with E-state index in [0.29, 0.717) is 34.7 Å². The average Bonchev–Trinajstić information content (AvgIpc) is 3.26. The van der Waals surface area contributed by atoms with E-state index in [1.165, 1.54) is 18.3 Å². The Hall–Kier alpha value is -3.96. The molecule has 36 heavy (non-hydrogen) atoms. The molecule has 3 aromatic rings. The van der Waals surface area contributed by atoms with Gasteiger partial charge in [0.2, 0.25) is 0 Å². The molecule has 1 aromatic heterocycles. The predicted molar refractivity (Wildman–Crippen MR) is 134 cm³/mol. The van der Waals surface area contributed by atoms with Crippen molar-refractivity contribution < 1.29 is 18.9 Å². The van der Waals surface area contributed by atoms with E-state index >= 15 is 0 Å². The van der Waals surface area contributed by atoms with Gasteiger partial charge in [0.05, 0.1) is 23.0 Å². The first-order valence-electron chi connectivity index (χ1n) is 11.6. The Morgan fingerprint density at radius 1 is 1.19 bits per heavy atom. The van der Waals surface area contributed by atoms with Gasteiger partial charge in [0.15, 0.2) is 11.6 Å². The smallest absolute Gasteiger partial charge is 0.276 e. The van der Waals surface area contributed by atoms with Crippen LogP contribution in [-0.2, 0) is 0 Å². The summed E-state index contributed by atoms with van der Waals surface area (Å²) in [6, 6.07) is 9.15. The van der Waals surface area contributed by atoms with Crippen LogP contribution in [0.15, 0.2) is 47.3 Å². The van der Waals surface area contributed by atoms with Crippen LogP contribution < -0.4 is 26.8 Å². The molecule has 4 rings (SSSR count). The van der Waals surface area contributed by atoms with E-state index in [4.69, 9.17) is 11.1 Å². The van der Waals surface area contributed by atoms with Crippen LogP contribution in [0.3, 0.4) is 0 Å². The van der Waals surface area contributed by atoms with Crippen molar-refractivity contribution in [2.75, 3.05) is 23.3 Å². The zero-order valence-corrected chi connectivity index (χ0v) is 20.0. The van der Waals surface area contributed by atoms with Crippen molar-refractivity contribution in [3.05, 3.63) is 75.7 Å². The molecule has 0 spiro atoms. The van der Waals surface area contributed by atoms with Gasteiger partial charge in [-0.1, -0.05) is 6.07 Å². The highest BCUT2D eigenvalue weighted by atomic mass is 19.1. The third kappa shape index (κ3) is 5.02. The molecule has 188 valence electrons. The summed E-state index contributed by atoms with van der Waals surface area (Å²) in [5.41, 5.74) is 7.06. The number of carbonyl (C=O) groups is 1. The molecule has 1 aliphatic heterocycles. The maximum Gasteiger partial charge on any atom is 0.276 e. The van der Waals surface area contributed by atoms with E-state index < -0.39 is 28.8 Å². The molecule has 0 aliphatic carbocycles. The molecule has 9 nitrogen and oxygen atoms in total. The first-order chi connectivity index (χ1) is 17.2. The first-order valence-corrected chi connectivity index (χ1v) is 11.6. The third-order valence-electron chi connectivity index (χ3n) is 5.88. The van der Waals surface area contributed by atoms with Gasteiger partial charge < -0.3 is 26.7 Å². The molecule has 11 heteroatoms. The number of nitrogens with zero attached hydrogens (tertiary/aromatic N) is 3. The Morgan fingerprint density at radius 2 is 1.92 bits per heavy atom. The average molecular weight is 497 g/mol. The van der Waals surface area contributed by atoms with Gasteiger partial charge in [0.1, 0.15) is 17.1 Å². The number of hydrogen-bond donors (Lipinski definition) is 4. The predicted octanol–water partition coefficient (Wildman–Crippen LogP) is 1.90. The summed E-state index contributed by atoms with van der Waals surface area (Å²) in [6.45, 7) is 5.29. The number of amides is 1. The quantitative estimate of drug-likeness (QED) is 0.293. The molecule has 0 saturated carbocycles. The lowest BCUT2D eigenvalue weighted by molar-refractivity contribution is -0.603. The number of nitrogens with two attached hydrogens (primary N) is 2. The minimum Gasteiger partial charge on any atom is -0.368 e. The van der Waals surface area contributed by atoms with Gasteiger partial charge >= 0.3 is 0 Å². The minimum atomic E-state index is -0.984. The summed E-state index contributed by atoms with van der Waals surface area (Å²) in [5, 5.41) is 16.8. The van der Waals surface area contributed by atoms with Gasteiger partial charge in [0.25, 0.3) is 11.5 Å². The summed E-state index contributed by atoms with van der Waals surface area (Å²) >= 11 is 0. The summed E-state index contributed by atoms with van der Waals surface area (Å²) in [6.07, 6.45) is 2.02. The molecular weight excluding hydrogens is 468 g/mol. The number of nitrogens with one attached hydrogen (secondary N) is 2. The number of anilines is 2. The van der Waals surface area contributed by atoms with Crippen LogP contribution in [0, 0.1) is 17.0 Å². The second-order valence-electron chi connectivity index (χ2n) is 9.01. The van der Waals surface area contributed by atoms with Gasteiger partial charge in [-0.25, -0.2) is 8.78 Å². The monoisotopic (exact) mass is 496 g/mol. The van der Waals surface area contributed by atoms with Crippen molar-refractivity contribution in [3.63, 3.8) is 0 Å². The Bertz CT molecular complexity index is 1350. The Labute approximate surface area is 206 Å². The summed E-state index contributed by atoms with van der Waals surface area (Å²) in [7, 11) is 0. The van der Waals surface area contributed by atoms with Gasteiger partial charge in [-0.15, -0.1) is 0 Å². The maximum atomic E-state index is 14.3. The summed E-state index contributed by atoms with van der Waals surface area (Å²) < 4.78 is 29.1. The fourth-order valence-electron chi connectivity index (χ4n) is 4.28. The van der Waals surface area contributed by atoms with Crippen LogP contribution in [0.2, 0.25) is 0 Å². The standard InChI is InChI=1S/C25H27F2N7O2/c1-14(2)30-19-6-7-20(23(16(19)12-28)33-11-10-15(29)13-33)31-25(36)21-8-9-22(35)34(32-21)24-17(26)4-3-5-18(24)27/h3-9,12,14-15,28,30H,10-11,13,29H2,1-2H3,(H,31,36)/p+1/t15-/m1/s1. The van der Waals surface area contributed by atoms with Crippen molar-refractivity contribution in [1.82, 2.24) is 9.78 Å².